The Morgan fingerprint density at radius 1 is 1.07 bits per heavy atom. The Kier molecular flexibility index (Phi) is 6.20. The van der Waals surface area contributed by atoms with Gasteiger partial charge in [0.25, 0.3) is 5.91 Å². The smallest absolute Gasteiger partial charge is 0.251 e. The third kappa shape index (κ3) is 4.36. The van der Waals surface area contributed by atoms with Gasteiger partial charge in [0.05, 0.1) is 17.2 Å². The number of hydrogen-bond acceptors (Lipinski definition) is 9. The second kappa shape index (κ2) is 10.2. The molecule has 7 rings (SSSR count). The van der Waals surface area contributed by atoms with Crippen LogP contribution in [0.3, 0.4) is 0 Å². The molecule has 4 aromatic heterocycles. The van der Waals surface area contributed by atoms with Gasteiger partial charge in [-0.2, -0.15) is 0 Å². The zero-order valence-electron chi connectivity index (χ0n) is 22.1. The predicted octanol–water partition coefficient (Wildman–Crippen LogP) is 5.12. The molecular weight excluding hydrogens is 550 g/mol. The van der Waals surface area contributed by atoms with E-state index in [4.69, 9.17) is 15.7 Å². The maximum absolute atomic E-state index is 13.0. The molecule has 42 heavy (non-hydrogen) atoms. The number of aromatic hydroxyl groups is 1. The minimum Gasteiger partial charge on any atom is -0.507 e. The number of aryl methyl sites for hydroxylation is 1. The van der Waals surface area contributed by atoms with E-state index >= 15 is 0 Å². The molecule has 10 nitrogen and oxygen atoms in total. The standard InChI is InChI=1S/C31H23N7O3S/c32-27-22(2-1-11-33-27)28-35-24-8-9-25(31-34-12-13-42-31)36-29(24)38(28)20-5-6-21-17(15-20)3-7-23(21)37-30(41)18-4-10-26(40)19(14-18)16-39/h1-2,4-6,8-16,23,40H,3,7H2,(H2,32,33)(H,37,41)/t23-/m0/s1. The molecule has 0 saturated heterocycles. The maximum atomic E-state index is 13.0. The number of pyridine rings is 2. The number of fused-ring (bicyclic) bond motifs is 2. The number of nitrogens with two attached hydrogens (primary N) is 1. The Morgan fingerprint density at radius 2 is 1.98 bits per heavy atom. The Bertz CT molecular complexity index is 2000. The first-order valence-electron chi connectivity index (χ1n) is 13.2. The van der Waals surface area contributed by atoms with Crippen LogP contribution in [0.25, 0.3) is 38.9 Å². The molecule has 4 N–H and O–H groups in total. The fourth-order valence-electron chi connectivity index (χ4n) is 5.38. The highest BCUT2D eigenvalue weighted by molar-refractivity contribution is 7.13. The number of carbonyl (C=O) groups excluding carboxylic acids is 2. The Hall–Kier alpha value is -5.42. The van der Waals surface area contributed by atoms with E-state index in [0.717, 1.165) is 40.4 Å². The first-order valence-corrected chi connectivity index (χ1v) is 14.1. The third-order valence-corrected chi connectivity index (χ3v) is 8.22. The summed E-state index contributed by atoms with van der Waals surface area (Å²) in [6, 6.07) is 17.7. The number of aromatic nitrogens is 5. The average Bonchev–Trinajstić information content (AvgIpc) is 3.76. The van der Waals surface area contributed by atoms with E-state index in [2.05, 4.69) is 21.4 Å². The molecular formula is C31H23N7O3S. The van der Waals surface area contributed by atoms with Crippen LogP contribution in [0.1, 0.15) is 44.3 Å². The summed E-state index contributed by atoms with van der Waals surface area (Å²) in [5, 5.41) is 15.6. The molecule has 1 aliphatic rings. The molecule has 0 aliphatic heterocycles. The first kappa shape index (κ1) is 25.5. The van der Waals surface area contributed by atoms with Crippen molar-refractivity contribution in [2.45, 2.75) is 18.9 Å². The van der Waals surface area contributed by atoms with Crippen molar-refractivity contribution in [3.05, 3.63) is 101 Å². The normalized spacial score (nSPS) is 14.1. The molecule has 11 heteroatoms. The summed E-state index contributed by atoms with van der Waals surface area (Å²) in [7, 11) is 0. The van der Waals surface area contributed by atoms with E-state index in [1.165, 1.54) is 29.5 Å². The van der Waals surface area contributed by atoms with Crippen molar-refractivity contribution in [3.8, 4) is 33.5 Å². The monoisotopic (exact) mass is 573 g/mol. The van der Waals surface area contributed by atoms with Crippen LogP contribution in [-0.2, 0) is 6.42 Å². The molecule has 4 heterocycles. The number of phenols is 1. The van der Waals surface area contributed by atoms with Crippen molar-refractivity contribution in [2.24, 2.45) is 0 Å². The van der Waals surface area contributed by atoms with Crippen LogP contribution in [0.15, 0.2) is 78.4 Å². The van der Waals surface area contributed by atoms with Gasteiger partial charge in [0.2, 0.25) is 0 Å². The van der Waals surface area contributed by atoms with Gasteiger partial charge >= 0.3 is 0 Å². The summed E-state index contributed by atoms with van der Waals surface area (Å²) in [4.78, 5) is 42.8. The van der Waals surface area contributed by atoms with E-state index < -0.39 is 0 Å². The van der Waals surface area contributed by atoms with Crippen molar-refractivity contribution in [1.82, 2.24) is 29.8 Å². The molecule has 0 unspecified atom stereocenters. The molecule has 206 valence electrons. The molecule has 2 aromatic carbocycles. The zero-order chi connectivity index (χ0) is 28.8. The number of aldehydes is 1. The summed E-state index contributed by atoms with van der Waals surface area (Å²) in [6.07, 6.45) is 5.41. The highest BCUT2D eigenvalue weighted by Crippen LogP contribution is 2.36. The predicted molar refractivity (Wildman–Crippen MR) is 160 cm³/mol. The van der Waals surface area contributed by atoms with Gasteiger partial charge in [-0.15, -0.1) is 11.3 Å². The fourth-order valence-corrected chi connectivity index (χ4v) is 5.99. The molecule has 1 amide bonds. The minimum atomic E-state index is -0.311. The largest absolute Gasteiger partial charge is 0.507 e. The number of nitrogens with zero attached hydrogens (tertiary/aromatic N) is 5. The molecule has 0 fully saturated rings. The van der Waals surface area contributed by atoms with Crippen LogP contribution >= 0.6 is 11.3 Å². The second-order valence-corrected chi connectivity index (χ2v) is 10.8. The number of benzene rings is 2. The second-order valence-electron chi connectivity index (χ2n) is 9.92. The Balaban J connectivity index is 1.29. The number of nitrogens with one attached hydrogen (secondary N) is 1. The van der Waals surface area contributed by atoms with Gasteiger partial charge in [-0.05, 0) is 78.6 Å². The highest BCUT2D eigenvalue weighted by atomic mass is 32.1. The quantitative estimate of drug-likeness (QED) is 0.232. The topological polar surface area (TPSA) is 149 Å². The van der Waals surface area contributed by atoms with Gasteiger partial charge in [-0.25, -0.2) is 19.9 Å². The maximum Gasteiger partial charge on any atom is 0.251 e. The number of imidazole rings is 1. The van der Waals surface area contributed by atoms with Crippen molar-refractivity contribution in [2.75, 3.05) is 5.73 Å². The Morgan fingerprint density at radius 3 is 2.79 bits per heavy atom. The van der Waals surface area contributed by atoms with Crippen molar-refractivity contribution < 1.29 is 14.7 Å². The number of phenolic OH excluding ortho intramolecular Hbond substituents is 1. The Labute approximate surface area is 243 Å². The molecule has 6 aromatic rings. The van der Waals surface area contributed by atoms with Crippen molar-refractivity contribution in [1.29, 1.82) is 0 Å². The lowest BCUT2D eigenvalue weighted by atomic mass is 10.1. The lowest BCUT2D eigenvalue weighted by Gasteiger charge is -2.16. The first-order chi connectivity index (χ1) is 20.5. The van der Waals surface area contributed by atoms with E-state index in [1.54, 1.807) is 12.4 Å². The number of rotatable bonds is 6. The highest BCUT2D eigenvalue weighted by Gasteiger charge is 2.26. The lowest BCUT2D eigenvalue weighted by molar-refractivity contribution is 0.0936. The summed E-state index contributed by atoms with van der Waals surface area (Å²) >= 11 is 1.52. The van der Waals surface area contributed by atoms with Gasteiger partial charge < -0.3 is 16.2 Å². The van der Waals surface area contributed by atoms with Crippen LogP contribution in [0.5, 0.6) is 5.75 Å². The van der Waals surface area contributed by atoms with E-state index in [0.29, 0.717) is 40.2 Å². The van der Waals surface area contributed by atoms with E-state index in [9.17, 15) is 14.7 Å². The number of hydrogen-bond donors (Lipinski definition) is 3. The minimum absolute atomic E-state index is 0.0726. The number of carbonyl (C=O) groups is 2. The number of thiazole rings is 1. The van der Waals surface area contributed by atoms with Crippen molar-refractivity contribution in [3.63, 3.8) is 0 Å². The molecule has 1 aliphatic carbocycles. The molecule has 0 radical (unpaired) electrons. The zero-order valence-corrected chi connectivity index (χ0v) is 22.9. The van der Waals surface area contributed by atoms with Gasteiger partial charge in [0.1, 0.15) is 27.8 Å². The van der Waals surface area contributed by atoms with Gasteiger partial charge in [0.15, 0.2) is 17.8 Å². The van der Waals surface area contributed by atoms with Crippen LogP contribution in [0, 0.1) is 0 Å². The van der Waals surface area contributed by atoms with Crippen LogP contribution in [0.2, 0.25) is 0 Å². The fraction of sp³-hybridized carbons (Fsp3) is 0.0968. The molecule has 1 atom stereocenters. The number of amides is 1. The van der Waals surface area contributed by atoms with Crippen LogP contribution < -0.4 is 11.1 Å². The average molecular weight is 574 g/mol. The van der Waals surface area contributed by atoms with Crippen molar-refractivity contribution >= 4 is 40.5 Å². The van der Waals surface area contributed by atoms with Gasteiger partial charge in [-0.3, -0.25) is 14.2 Å². The van der Waals surface area contributed by atoms with E-state index in [1.807, 2.05) is 46.3 Å². The summed E-state index contributed by atoms with van der Waals surface area (Å²) in [5.74, 6) is 0.521. The number of anilines is 1. The number of nitrogen functional groups attached to an aromatic ring is 1. The van der Waals surface area contributed by atoms with Gasteiger partial charge in [0, 0.05) is 29.0 Å². The molecule has 0 spiro atoms. The summed E-state index contributed by atoms with van der Waals surface area (Å²) < 4.78 is 1.99. The van der Waals surface area contributed by atoms with Crippen LogP contribution in [0.4, 0.5) is 5.82 Å². The SMILES string of the molecule is Nc1ncccc1-c1nc2ccc(-c3nccs3)nc2n1-c1ccc2c(c1)CC[C@@H]2NC(=O)c1ccc(O)c(C=O)c1. The summed E-state index contributed by atoms with van der Waals surface area (Å²) in [6.45, 7) is 0. The van der Waals surface area contributed by atoms with Gasteiger partial charge in [-0.1, -0.05) is 6.07 Å². The van der Waals surface area contributed by atoms with Crippen LogP contribution in [-0.4, -0.2) is 41.8 Å². The third-order valence-electron chi connectivity index (χ3n) is 7.42. The molecule has 0 bridgehead atoms. The molecule has 0 saturated carbocycles. The lowest BCUT2D eigenvalue weighted by Crippen LogP contribution is -2.27. The summed E-state index contributed by atoms with van der Waals surface area (Å²) in [5.41, 5.74) is 12.5. The van der Waals surface area contributed by atoms with E-state index in [-0.39, 0.29) is 23.3 Å².